The van der Waals surface area contributed by atoms with Crippen molar-refractivity contribution in [1.29, 1.82) is 0 Å². The fourth-order valence-corrected chi connectivity index (χ4v) is 1.64. The number of hydrogen-bond donors (Lipinski definition) is 2. The lowest BCUT2D eigenvalue weighted by Crippen LogP contribution is -2.22. The van der Waals surface area contributed by atoms with Crippen LogP contribution < -0.4 is 14.8 Å². The van der Waals surface area contributed by atoms with Gasteiger partial charge in [-0.25, -0.2) is 0 Å². The van der Waals surface area contributed by atoms with Crippen LogP contribution >= 0.6 is 0 Å². The summed E-state index contributed by atoms with van der Waals surface area (Å²) in [7, 11) is 3.10. The lowest BCUT2D eigenvalue weighted by Gasteiger charge is -2.07. The fraction of sp³-hybridized carbons (Fsp3) is 0.333. The highest BCUT2D eigenvalue weighted by Gasteiger charge is 2.03. The maximum absolute atomic E-state index is 11.5. The quantitative estimate of drug-likeness (QED) is 0.563. The van der Waals surface area contributed by atoms with Gasteiger partial charge >= 0.3 is 5.97 Å². The van der Waals surface area contributed by atoms with E-state index in [1.54, 1.807) is 38.5 Å². The van der Waals surface area contributed by atoms with E-state index in [9.17, 15) is 9.59 Å². The molecule has 0 saturated carbocycles. The molecule has 1 amide bonds. The van der Waals surface area contributed by atoms with Gasteiger partial charge in [0.05, 0.1) is 14.2 Å². The number of rotatable bonds is 8. The SMILES string of the molecule is COc1ccc(/C=C/C(=O)NCCCC(=O)O)cc1OC. The van der Waals surface area contributed by atoms with Crippen molar-refractivity contribution in [2.75, 3.05) is 20.8 Å². The molecule has 0 heterocycles. The minimum atomic E-state index is -0.870. The van der Waals surface area contributed by atoms with Crippen molar-refractivity contribution in [3.63, 3.8) is 0 Å². The fourth-order valence-electron chi connectivity index (χ4n) is 1.64. The Morgan fingerprint density at radius 3 is 2.57 bits per heavy atom. The van der Waals surface area contributed by atoms with Gasteiger partial charge in [-0.1, -0.05) is 6.07 Å². The minimum absolute atomic E-state index is 0.0413. The first kappa shape index (κ1) is 16.6. The van der Waals surface area contributed by atoms with E-state index in [2.05, 4.69) is 5.32 Å². The van der Waals surface area contributed by atoms with Gasteiger partial charge in [0.15, 0.2) is 11.5 Å². The second-order valence-electron chi connectivity index (χ2n) is 4.24. The summed E-state index contributed by atoms with van der Waals surface area (Å²) < 4.78 is 10.3. The predicted molar refractivity (Wildman–Crippen MR) is 78.5 cm³/mol. The molecule has 0 fully saturated rings. The summed E-state index contributed by atoms with van der Waals surface area (Å²) in [6, 6.07) is 5.31. The molecule has 0 unspecified atom stereocenters. The molecule has 1 aromatic rings. The number of benzene rings is 1. The Morgan fingerprint density at radius 2 is 1.95 bits per heavy atom. The highest BCUT2D eigenvalue weighted by Crippen LogP contribution is 2.27. The Labute approximate surface area is 123 Å². The van der Waals surface area contributed by atoms with Crippen LogP contribution in [0.4, 0.5) is 0 Å². The first-order chi connectivity index (χ1) is 10.1. The lowest BCUT2D eigenvalue weighted by atomic mass is 10.2. The molecule has 0 aliphatic carbocycles. The highest BCUT2D eigenvalue weighted by atomic mass is 16.5. The van der Waals surface area contributed by atoms with Crippen LogP contribution in [0.2, 0.25) is 0 Å². The van der Waals surface area contributed by atoms with E-state index >= 15 is 0 Å². The average molecular weight is 293 g/mol. The Balaban J connectivity index is 2.52. The van der Waals surface area contributed by atoms with Gasteiger partial charge in [0.2, 0.25) is 5.91 Å². The monoisotopic (exact) mass is 293 g/mol. The molecule has 0 aliphatic rings. The van der Waals surface area contributed by atoms with Crippen molar-refractivity contribution >= 4 is 18.0 Å². The summed E-state index contributed by atoms with van der Waals surface area (Å²) in [5, 5.41) is 11.1. The molecule has 0 aliphatic heterocycles. The molecule has 6 heteroatoms. The number of hydrogen-bond acceptors (Lipinski definition) is 4. The third-order valence-corrected chi connectivity index (χ3v) is 2.70. The van der Waals surface area contributed by atoms with Crippen LogP contribution in [0.25, 0.3) is 6.08 Å². The number of aliphatic carboxylic acids is 1. The molecule has 1 rings (SSSR count). The number of carbonyl (C=O) groups excluding carboxylic acids is 1. The minimum Gasteiger partial charge on any atom is -0.493 e. The second kappa shape index (κ2) is 8.63. The third kappa shape index (κ3) is 5.99. The van der Waals surface area contributed by atoms with Gasteiger partial charge in [0.25, 0.3) is 0 Å². The van der Waals surface area contributed by atoms with E-state index in [-0.39, 0.29) is 12.3 Å². The molecule has 0 atom stereocenters. The number of amides is 1. The van der Waals surface area contributed by atoms with E-state index in [0.717, 1.165) is 5.56 Å². The normalized spacial score (nSPS) is 10.4. The zero-order chi connectivity index (χ0) is 15.7. The maximum atomic E-state index is 11.5. The Morgan fingerprint density at radius 1 is 1.24 bits per heavy atom. The van der Waals surface area contributed by atoms with Crippen molar-refractivity contribution in [1.82, 2.24) is 5.32 Å². The van der Waals surface area contributed by atoms with E-state index in [1.807, 2.05) is 0 Å². The van der Waals surface area contributed by atoms with Crippen molar-refractivity contribution in [3.05, 3.63) is 29.8 Å². The van der Waals surface area contributed by atoms with Crippen molar-refractivity contribution in [2.45, 2.75) is 12.8 Å². The maximum Gasteiger partial charge on any atom is 0.303 e. The van der Waals surface area contributed by atoms with Gasteiger partial charge in [-0.15, -0.1) is 0 Å². The molecule has 1 aromatic carbocycles. The molecular formula is C15H19NO5. The van der Waals surface area contributed by atoms with Gasteiger partial charge < -0.3 is 19.9 Å². The van der Waals surface area contributed by atoms with Gasteiger partial charge in [-0.2, -0.15) is 0 Å². The van der Waals surface area contributed by atoms with Gasteiger partial charge in [0, 0.05) is 19.0 Å². The van der Waals surface area contributed by atoms with E-state index < -0.39 is 5.97 Å². The standard InChI is InChI=1S/C15H19NO5/c1-20-12-7-5-11(10-13(12)21-2)6-8-14(17)16-9-3-4-15(18)19/h5-8,10H,3-4,9H2,1-2H3,(H,16,17)(H,18,19)/b8-6+. The summed E-state index contributed by atoms with van der Waals surface area (Å²) in [5.41, 5.74) is 0.799. The second-order valence-corrected chi connectivity index (χ2v) is 4.24. The number of carboxylic acids is 1. The van der Waals surface area contributed by atoms with Crippen LogP contribution in [0.1, 0.15) is 18.4 Å². The number of nitrogens with one attached hydrogen (secondary N) is 1. The molecule has 0 radical (unpaired) electrons. The van der Waals surface area contributed by atoms with Crippen LogP contribution in [0, 0.1) is 0 Å². The Bertz CT molecular complexity index is 525. The highest BCUT2D eigenvalue weighted by molar-refractivity contribution is 5.91. The van der Waals surface area contributed by atoms with Crippen LogP contribution in [-0.4, -0.2) is 37.7 Å². The molecule has 0 saturated heterocycles. The predicted octanol–water partition coefficient (Wildman–Crippen LogP) is 1.70. The van der Waals surface area contributed by atoms with Crippen molar-refractivity contribution in [3.8, 4) is 11.5 Å². The zero-order valence-corrected chi connectivity index (χ0v) is 12.1. The van der Waals surface area contributed by atoms with E-state index in [4.69, 9.17) is 14.6 Å². The van der Waals surface area contributed by atoms with Crippen LogP contribution in [0.5, 0.6) is 11.5 Å². The van der Waals surface area contributed by atoms with Crippen LogP contribution in [-0.2, 0) is 9.59 Å². The summed E-state index contributed by atoms with van der Waals surface area (Å²) in [5.74, 6) is 0.0644. The Hall–Kier alpha value is -2.50. The number of carbonyl (C=O) groups is 2. The topological polar surface area (TPSA) is 84.9 Å². The largest absolute Gasteiger partial charge is 0.493 e. The average Bonchev–Trinajstić information content (AvgIpc) is 2.48. The molecule has 6 nitrogen and oxygen atoms in total. The molecule has 0 bridgehead atoms. The van der Waals surface area contributed by atoms with Gasteiger partial charge in [-0.3, -0.25) is 9.59 Å². The van der Waals surface area contributed by atoms with E-state index in [1.165, 1.54) is 6.08 Å². The summed E-state index contributed by atoms with van der Waals surface area (Å²) in [6.45, 7) is 0.335. The number of carboxylic acid groups (broad SMARTS) is 1. The van der Waals surface area contributed by atoms with Gasteiger partial charge in [0.1, 0.15) is 0 Å². The summed E-state index contributed by atoms with van der Waals surface area (Å²) in [4.78, 5) is 21.9. The first-order valence-electron chi connectivity index (χ1n) is 6.46. The summed E-state index contributed by atoms with van der Waals surface area (Å²) in [6.07, 6.45) is 3.49. The Kier molecular flexibility index (Phi) is 6.80. The molecule has 114 valence electrons. The van der Waals surface area contributed by atoms with Crippen LogP contribution in [0.15, 0.2) is 24.3 Å². The molecule has 2 N–H and O–H groups in total. The molecular weight excluding hydrogens is 274 g/mol. The van der Waals surface area contributed by atoms with E-state index in [0.29, 0.717) is 24.5 Å². The number of ether oxygens (including phenoxy) is 2. The third-order valence-electron chi connectivity index (χ3n) is 2.70. The van der Waals surface area contributed by atoms with Gasteiger partial charge in [-0.05, 0) is 30.2 Å². The number of methoxy groups -OCH3 is 2. The van der Waals surface area contributed by atoms with Crippen LogP contribution in [0.3, 0.4) is 0 Å². The van der Waals surface area contributed by atoms with Crippen molar-refractivity contribution in [2.24, 2.45) is 0 Å². The smallest absolute Gasteiger partial charge is 0.303 e. The lowest BCUT2D eigenvalue weighted by molar-refractivity contribution is -0.137. The molecule has 21 heavy (non-hydrogen) atoms. The first-order valence-corrected chi connectivity index (χ1v) is 6.46. The summed E-state index contributed by atoms with van der Waals surface area (Å²) >= 11 is 0. The van der Waals surface area contributed by atoms with Crippen molar-refractivity contribution < 1.29 is 24.2 Å². The molecule has 0 aromatic heterocycles. The molecule has 0 spiro atoms. The zero-order valence-electron chi connectivity index (χ0n) is 12.1.